The topological polar surface area (TPSA) is 20.3 Å². The third-order valence-corrected chi connectivity index (χ3v) is 3.72. The van der Waals surface area contributed by atoms with E-state index in [-0.39, 0.29) is 5.78 Å². The summed E-state index contributed by atoms with van der Waals surface area (Å²) in [5, 5.41) is 0.409. The van der Waals surface area contributed by atoms with E-state index < -0.39 is 5.41 Å². The number of rotatable bonds is 6. The second-order valence-electron chi connectivity index (χ2n) is 4.81. The largest absolute Gasteiger partial charge is 0.309 e. The van der Waals surface area contributed by atoms with E-state index in [2.05, 4.69) is 20.8 Å². The minimum Gasteiger partial charge on any atom is -0.309 e. The lowest BCUT2D eigenvalue weighted by Crippen LogP contribution is -2.36. The molecular formula is C14H20BrNO. The Morgan fingerprint density at radius 3 is 2.35 bits per heavy atom. The number of nitrogens with zero attached hydrogens (tertiary/aromatic N) is 1. The quantitative estimate of drug-likeness (QED) is 0.753. The highest BCUT2D eigenvalue weighted by Gasteiger charge is 2.33. The van der Waals surface area contributed by atoms with E-state index in [1.54, 1.807) is 0 Å². The maximum Gasteiger partial charge on any atom is 0.153 e. The fourth-order valence-electron chi connectivity index (χ4n) is 1.85. The van der Waals surface area contributed by atoms with Crippen LogP contribution in [0.2, 0.25) is 0 Å². The zero-order valence-electron chi connectivity index (χ0n) is 10.7. The maximum atomic E-state index is 12.2. The van der Waals surface area contributed by atoms with E-state index >= 15 is 0 Å². The number of carbonyl (C=O) groups excluding carboxylic acids is 1. The molecule has 0 spiro atoms. The number of benzene rings is 1. The molecule has 0 aromatic heterocycles. The molecule has 0 fully saturated rings. The third kappa shape index (κ3) is 3.65. The van der Waals surface area contributed by atoms with Crippen molar-refractivity contribution >= 4 is 21.7 Å². The van der Waals surface area contributed by atoms with Gasteiger partial charge in [0.2, 0.25) is 0 Å². The van der Waals surface area contributed by atoms with Crippen molar-refractivity contribution < 1.29 is 4.79 Å². The van der Waals surface area contributed by atoms with Gasteiger partial charge in [0.15, 0.2) is 5.78 Å². The first-order valence-corrected chi connectivity index (χ1v) is 6.92. The number of Topliss-reactive ketones (excluding diaryl/α,β-unsaturated/α-hetero) is 1. The van der Waals surface area contributed by atoms with E-state index in [1.807, 2.05) is 51.4 Å². The third-order valence-electron chi connectivity index (χ3n) is 3.21. The Morgan fingerprint density at radius 1 is 1.29 bits per heavy atom. The van der Waals surface area contributed by atoms with Gasteiger partial charge in [0.1, 0.15) is 0 Å². The molecule has 0 heterocycles. The minimum atomic E-state index is -0.394. The van der Waals surface area contributed by atoms with Gasteiger partial charge in [-0.05, 0) is 39.5 Å². The minimum absolute atomic E-state index is 0.241. The van der Waals surface area contributed by atoms with Crippen LogP contribution in [0.25, 0.3) is 0 Å². The molecule has 2 nitrogen and oxygen atoms in total. The molecule has 0 amide bonds. The molecule has 0 aliphatic carbocycles. The normalized spacial score (nSPS) is 14.6. The standard InChI is InChI=1S/C14H20BrNO/c1-14(13(17)11-15,9-10-16(2)3)12-7-5-4-6-8-12/h4-8H,9-11H2,1-3H3/t14-/m0/s1. The van der Waals surface area contributed by atoms with Crippen molar-refractivity contribution in [2.75, 3.05) is 26.0 Å². The molecule has 0 radical (unpaired) electrons. The summed E-state index contributed by atoms with van der Waals surface area (Å²) in [4.78, 5) is 14.3. The van der Waals surface area contributed by atoms with E-state index in [4.69, 9.17) is 0 Å². The Bertz CT molecular complexity index is 364. The lowest BCUT2D eigenvalue weighted by Gasteiger charge is -2.29. The van der Waals surface area contributed by atoms with Crippen molar-refractivity contribution in [3.05, 3.63) is 35.9 Å². The van der Waals surface area contributed by atoms with Gasteiger partial charge in [0.05, 0.1) is 10.7 Å². The molecule has 0 N–H and O–H groups in total. The summed E-state index contributed by atoms with van der Waals surface area (Å²) < 4.78 is 0. The Labute approximate surface area is 112 Å². The number of halogens is 1. The van der Waals surface area contributed by atoms with Gasteiger partial charge in [-0.25, -0.2) is 0 Å². The number of carbonyl (C=O) groups is 1. The second kappa shape index (κ2) is 6.31. The summed E-state index contributed by atoms with van der Waals surface area (Å²) in [6.45, 7) is 2.94. The molecule has 0 saturated heterocycles. The van der Waals surface area contributed by atoms with Gasteiger partial charge in [-0.1, -0.05) is 46.3 Å². The van der Waals surface area contributed by atoms with Crippen LogP contribution >= 0.6 is 15.9 Å². The van der Waals surface area contributed by atoms with Gasteiger partial charge in [0, 0.05) is 0 Å². The first kappa shape index (κ1) is 14.4. The maximum absolute atomic E-state index is 12.2. The van der Waals surface area contributed by atoms with Crippen LogP contribution in [0.5, 0.6) is 0 Å². The molecule has 1 aromatic rings. The van der Waals surface area contributed by atoms with Crippen molar-refractivity contribution in [3.63, 3.8) is 0 Å². The Morgan fingerprint density at radius 2 is 1.88 bits per heavy atom. The molecule has 0 unspecified atom stereocenters. The SMILES string of the molecule is CN(C)CC[C@](C)(C(=O)CBr)c1ccccc1. The molecule has 1 rings (SSSR count). The molecular weight excluding hydrogens is 278 g/mol. The predicted octanol–water partition coefficient (Wildman–Crippen LogP) is 2.86. The van der Waals surface area contributed by atoms with Crippen LogP contribution in [-0.2, 0) is 10.2 Å². The molecule has 94 valence electrons. The average Bonchev–Trinajstić information content (AvgIpc) is 2.36. The molecule has 3 heteroatoms. The van der Waals surface area contributed by atoms with Crippen LogP contribution in [0.1, 0.15) is 18.9 Å². The fraction of sp³-hybridized carbons (Fsp3) is 0.500. The average molecular weight is 298 g/mol. The number of hydrogen-bond donors (Lipinski definition) is 0. The number of hydrogen-bond acceptors (Lipinski definition) is 2. The van der Waals surface area contributed by atoms with Gasteiger partial charge < -0.3 is 4.90 Å². The summed E-state index contributed by atoms with van der Waals surface area (Å²) in [7, 11) is 4.06. The van der Waals surface area contributed by atoms with Crippen LogP contribution in [-0.4, -0.2) is 36.7 Å². The molecule has 0 aliphatic heterocycles. The zero-order valence-corrected chi connectivity index (χ0v) is 12.3. The summed E-state index contributed by atoms with van der Waals surface area (Å²) in [6.07, 6.45) is 0.842. The van der Waals surface area contributed by atoms with Gasteiger partial charge in [-0.15, -0.1) is 0 Å². The number of alkyl halides is 1. The van der Waals surface area contributed by atoms with E-state index in [0.29, 0.717) is 5.33 Å². The van der Waals surface area contributed by atoms with Crippen molar-refractivity contribution in [2.45, 2.75) is 18.8 Å². The molecule has 17 heavy (non-hydrogen) atoms. The first-order valence-electron chi connectivity index (χ1n) is 5.80. The fourth-order valence-corrected chi connectivity index (χ4v) is 2.46. The van der Waals surface area contributed by atoms with Crippen molar-refractivity contribution in [1.82, 2.24) is 4.90 Å². The Balaban J connectivity index is 2.98. The Kier molecular flexibility index (Phi) is 5.34. The highest BCUT2D eigenvalue weighted by molar-refractivity contribution is 9.09. The summed E-state index contributed by atoms with van der Waals surface area (Å²) in [5.74, 6) is 0.241. The highest BCUT2D eigenvalue weighted by atomic mass is 79.9. The second-order valence-corrected chi connectivity index (χ2v) is 5.37. The molecule has 0 aliphatic rings. The van der Waals surface area contributed by atoms with Crippen LogP contribution in [0.15, 0.2) is 30.3 Å². The van der Waals surface area contributed by atoms with Crippen LogP contribution in [0.3, 0.4) is 0 Å². The zero-order chi connectivity index (χ0) is 12.9. The summed E-state index contributed by atoms with van der Waals surface area (Å²) in [6, 6.07) is 10.0. The molecule has 0 bridgehead atoms. The van der Waals surface area contributed by atoms with E-state index in [1.165, 1.54) is 0 Å². The van der Waals surface area contributed by atoms with Gasteiger partial charge in [0.25, 0.3) is 0 Å². The summed E-state index contributed by atoms with van der Waals surface area (Å²) in [5.41, 5.74) is 0.709. The van der Waals surface area contributed by atoms with E-state index in [0.717, 1.165) is 18.5 Å². The van der Waals surface area contributed by atoms with Crippen molar-refractivity contribution in [1.29, 1.82) is 0 Å². The van der Waals surface area contributed by atoms with Gasteiger partial charge in [-0.2, -0.15) is 0 Å². The monoisotopic (exact) mass is 297 g/mol. The highest BCUT2D eigenvalue weighted by Crippen LogP contribution is 2.29. The van der Waals surface area contributed by atoms with E-state index in [9.17, 15) is 4.79 Å². The lowest BCUT2D eigenvalue weighted by molar-refractivity contribution is -0.121. The smallest absolute Gasteiger partial charge is 0.153 e. The summed E-state index contributed by atoms with van der Waals surface area (Å²) >= 11 is 3.29. The van der Waals surface area contributed by atoms with Gasteiger partial charge in [-0.3, -0.25) is 4.79 Å². The molecule has 1 aromatic carbocycles. The number of ketones is 1. The van der Waals surface area contributed by atoms with Crippen LogP contribution in [0.4, 0.5) is 0 Å². The van der Waals surface area contributed by atoms with Crippen molar-refractivity contribution in [3.8, 4) is 0 Å². The predicted molar refractivity (Wildman–Crippen MR) is 75.8 cm³/mol. The molecule has 1 atom stereocenters. The Hall–Kier alpha value is -0.670. The van der Waals surface area contributed by atoms with Crippen LogP contribution < -0.4 is 0 Å². The lowest BCUT2D eigenvalue weighted by atomic mass is 9.76. The van der Waals surface area contributed by atoms with Crippen molar-refractivity contribution in [2.24, 2.45) is 0 Å². The van der Waals surface area contributed by atoms with Crippen LogP contribution in [0, 0.1) is 0 Å². The van der Waals surface area contributed by atoms with Gasteiger partial charge >= 0.3 is 0 Å². The first-order chi connectivity index (χ1) is 8.00. The molecule has 0 saturated carbocycles.